The number of hydrogen-bond donors (Lipinski definition) is 3. The van der Waals surface area contributed by atoms with Gasteiger partial charge in [-0.1, -0.05) is 132 Å². The van der Waals surface area contributed by atoms with Crippen molar-refractivity contribution in [3.63, 3.8) is 0 Å². The summed E-state index contributed by atoms with van der Waals surface area (Å²) in [7, 11) is 0. The highest BCUT2D eigenvalue weighted by atomic mass is 16.2. The number of unbranched alkanes of at least 4 members (excludes halogenated alkanes) is 11. The van der Waals surface area contributed by atoms with Gasteiger partial charge in [-0.05, 0) is 52.9 Å². The van der Waals surface area contributed by atoms with E-state index in [0.717, 1.165) is 31.6 Å². The van der Waals surface area contributed by atoms with Crippen LogP contribution in [0.2, 0.25) is 0 Å². The van der Waals surface area contributed by atoms with Crippen LogP contribution in [0.15, 0.2) is 0 Å². The Hall–Kier alpha value is -1.59. The van der Waals surface area contributed by atoms with Gasteiger partial charge in [0.25, 0.3) is 0 Å². The van der Waals surface area contributed by atoms with Crippen molar-refractivity contribution >= 4 is 17.7 Å². The number of nitrogens with two attached hydrogens (primary N) is 1. The zero-order valence-corrected chi connectivity index (χ0v) is 30.8. The highest BCUT2D eigenvalue weighted by Gasteiger charge is 2.03. The van der Waals surface area contributed by atoms with E-state index in [4.69, 9.17) is 5.73 Å². The molecule has 0 bridgehead atoms. The first-order chi connectivity index (χ1) is 20.0. The fraction of sp³-hybridized carbons (Fsp3) is 0.917. The molecule has 0 saturated carbocycles. The van der Waals surface area contributed by atoms with E-state index in [1.807, 2.05) is 55.4 Å². The lowest BCUT2D eigenvalue weighted by molar-refractivity contribution is -0.122. The molecule has 3 amide bonds. The summed E-state index contributed by atoms with van der Waals surface area (Å²) in [4.78, 5) is 32.7. The molecule has 0 aromatic carbocycles. The van der Waals surface area contributed by atoms with Gasteiger partial charge in [-0.25, -0.2) is 0 Å². The van der Waals surface area contributed by atoms with Gasteiger partial charge in [-0.3, -0.25) is 14.4 Å². The third-order valence-corrected chi connectivity index (χ3v) is 5.87. The summed E-state index contributed by atoms with van der Waals surface area (Å²) in [5.74, 6) is 1.05. The van der Waals surface area contributed by atoms with Gasteiger partial charge in [0.2, 0.25) is 17.7 Å². The normalized spacial score (nSPS) is 9.79. The van der Waals surface area contributed by atoms with Gasteiger partial charge in [0.1, 0.15) is 0 Å². The molecule has 0 radical (unpaired) electrons. The average Bonchev–Trinajstić information content (AvgIpc) is 2.92. The molecule has 6 nitrogen and oxygen atoms in total. The van der Waals surface area contributed by atoms with Crippen LogP contribution >= 0.6 is 0 Å². The lowest BCUT2D eigenvalue weighted by Crippen LogP contribution is -2.29. The summed E-state index contributed by atoms with van der Waals surface area (Å²) < 4.78 is 0. The second-order valence-electron chi connectivity index (χ2n) is 11.6. The van der Waals surface area contributed by atoms with Crippen LogP contribution in [0, 0.1) is 5.92 Å². The van der Waals surface area contributed by atoms with Crippen molar-refractivity contribution in [2.24, 2.45) is 11.7 Å². The van der Waals surface area contributed by atoms with E-state index >= 15 is 0 Å². The van der Waals surface area contributed by atoms with Gasteiger partial charge >= 0.3 is 0 Å². The molecule has 0 spiro atoms. The molecule has 0 unspecified atom stereocenters. The minimum Gasteiger partial charge on any atom is -0.370 e. The minimum atomic E-state index is -0.175. The van der Waals surface area contributed by atoms with Crippen LogP contribution in [0.25, 0.3) is 0 Å². The smallest absolute Gasteiger partial charge is 0.220 e. The number of hydrogen-bond acceptors (Lipinski definition) is 3. The van der Waals surface area contributed by atoms with Crippen LogP contribution in [0.3, 0.4) is 0 Å². The summed E-state index contributed by atoms with van der Waals surface area (Å²) in [6.07, 6.45) is 20.1. The summed E-state index contributed by atoms with van der Waals surface area (Å²) in [5.41, 5.74) is 4.94. The van der Waals surface area contributed by atoms with Crippen molar-refractivity contribution in [1.29, 1.82) is 0 Å². The summed E-state index contributed by atoms with van der Waals surface area (Å²) in [6.45, 7) is 24.9. The van der Waals surface area contributed by atoms with E-state index in [1.165, 1.54) is 70.6 Å². The Labute approximate surface area is 264 Å². The van der Waals surface area contributed by atoms with Crippen molar-refractivity contribution in [2.45, 2.75) is 211 Å². The van der Waals surface area contributed by atoms with Gasteiger partial charge < -0.3 is 16.4 Å². The second kappa shape index (κ2) is 43.9. The van der Waals surface area contributed by atoms with Gasteiger partial charge in [0.15, 0.2) is 0 Å². The molecule has 4 N–H and O–H groups in total. The molecule has 0 rings (SSSR count). The lowest BCUT2D eigenvalue weighted by Gasteiger charge is -2.08. The van der Waals surface area contributed by atoms with Crippen LogP contribution < -0.4 is 16.4 Å². The summed E-state index contributed by atoms with van der Waals surface area (Å²) in [5, 5.41) is 5.82. The van der Waals surface area contributed by atoms with Crippen LogP contribution in [0.5, 0.6) is 0 Å². The van der Waals surface area contributed by atoms with Gasteiger partial charge in [0.05, 0.1) is 0 Å². The maximum atomic E-state index is 11.3. The molecule has 0 atom stereocenters. The average molecular weight is 602 g/mol. The zero-order valence-electron chi connectivity index (χ0n) is 30.8. The molecule has 0 aliphatic carbocycles. The third kappa shape index (κ3) is 62.1. The molecule has 0 aliphatic rings. The number of amides is 3. The first-order valence-corrected chi connectivity index (χ1v) is 17.8. The topological polar surface area (TPSA) is 101 Å². The largest absolute Gasteiger partial charge is 0.370 e. The standard InChI is InChI=1S/C13H27NO.C12H25NO.C7H15NO.2C2H6/c1-11(2)9-7-5-6-8-10-13(15)14-12(3)4;1-4-5-6-7-8-9-10-12(14)13-11(2)3;1-2-3-4-5-6-7(8)9;2*1-2/h11-12H,5-10H2,1-4H3,(H,14,15);11H,4-10H2,1-3H3,(H,13,14);2-6H2,1H3,(H2,8,9);2*1-2H3. The molecule has 42 heavy (non-hydrogen) atoms. The number of primary amides is 1. The van der Waals surface area contributed by atoms with Crippen molar-refractivity contribution in [3.8, 4) is 0 Å². The first-order valence-electron chi connectivity index (χ1n) is 17.8. The lowest BCUT2D eigenvalue weighted by atomic mass is 10.0. The molecule has 6 heteroatoms. The predicted octanol–water partition coefficient (Wildman–Crippen LogP) is 10.3. The number of carbonyl (C=O) groups excluding carboxylic acids is 3. The molecule has 0 fully saturated rings. The first kappa shape index (κ1) is 50.1. The van der Waals surface area contributed by atoms with Crippen LogP contribution in [0.4, 0.5) is 0 Å². The Balaban J connectivity index is -0.000000157. The van der Waals surface area contributed by atoms with E-state index in [2.05, 4.69) is 38.3 Å². The molecule has 0 aliphatic heterocycles. The molecule has 0 aromatic rings. The maximum Gasteiger partial charge on any atom is 0.220 e. The third-order valence-electron chi connectivity index (χ3n) is 5.87. The Morgan fingerprint density at radius 3 is 1.14 bits per heavy atom. The number of nitrogens with one attached hydrogen (secondary N) is 2. The molecule has 0 saturated heterocycles. The quantitative estimate of drug-likeness (QED) is 0.114. The number of rotatable bonds is 21. The van der Waals surface area contributed by atoms with E-state index < -0.39 is 0 Å². The van der Waals surface area contributed by atoms with Crippen molar-refractivity contribution in [3.05, 3.63) is 0 Å². The molecule has 256 valence electrons. The summed E-state index contributed by atoms with van der Waals surface area (Å²) >= 11 is 0. The Morgan fingerprint density at radius 2 is 0.810 bits per heavy atom. The highest BCUT2D eigenvalue weighted by Crippen LogP contribution is 2.10. The fourth-order valence-electron chi connectivity index (χ4n) is 3.77. The van der Waals surface area contributed by atoms with Crippen molar-refractivity contribution in [1.82, 2.24) is 10.6 Å². The Morgan fingerprint density at radius 1 is 0.500 bits per heavy atom. The van der Waals surface area contributed by atoms with E-state index in [1.54, 1.807) is 0 Å². The van der Waals surface area contributed by atoms with Gasteiger partial charge in [-0.15, -0.1) is 0 Å². The SMILES string of the molecule is CC.CC.CC(C)CCCCCCC(=O)NC(C)C.CCCCCCC(N)=O.CCCCCCCCC(=O)NC(C)C. The number of carbonyl (C=O) groups is 3. The van der Waals surface area contributed by atoms with Gasteiger partial charge in [0, 0.05) is 31.3 Å². The minimum absolute atomic E-state index is 0.175. The van der Waals surface area contributed by atoms with Crippen molar-refractivity contribution in [2.75, 3.05) is 0 Å². The van der Waals surface area contributed by atoms with E-state index in [9.17, 15) is 14.4 Å². The summed E-state index contributed by atoms with van der Waals surface area (Å²) in [6, 6.07) is 0.557. The molecular weight excluding hydrogens is 522 g/mol. The molecule has 0 aromatic heterocycles. The Bertz CT molecular complexity index is 535. The van der Waals surface area contributed by atoms with Crippen molar-refractivity contribution < 1.29 is 14.4 Å². The predicted molar refractivity (Wildman–Crippen MR) is 188 cm³/mol. The van der Waals surface area contributed by atoms with Crippen LogP contribution in [-0.2, 0) is 14.4 Å². The maximum absolute atomic E-state index is 11.3. The molecule has 0 heterocycles. The van der Waals surface area contributed by atoms with Gasteiger partial charge in [-0.2, -0.15) is 0 Å². The van der Waals surface area contributed by atoms with Crippen LogP contribution in [-0.4, -0.2) is 29.8 Å². The zero-order chi connectivity index (χ0) is 33.6. The van der Waals surface area contributed by atoms with Crippen LogP contribution in [0.1, 0.15) is 199 Å². The Kier molecular flexibility index (Phi) is 52.3. The monoisotopic (exact) mass is 602 g/mol. The second-order valence-corrected chi connectivity index (χ2v) is 11.6. The molecular formula is C36H79N3O3. The van der Waals surface area contributed by atoms with E-state index in [0.29, 0.717) is 19.3 Å². The highest BCUT2D eigenvalue weighted by molar-refractivity contribution is 5.76. The fourth-order valence-corrected chi connectivity index (χ4v) is 3.77. The van der Waals surface area contributed by atoms with E-state index in [-0.39, 0.29) is 29.8 Å².